The van der Waals surface area contributed by atoms with Gasteiger partial charge in [-0.2, -0.15) is 0 Å². The highest BCUT2D eigenvalue weighted by Gasteiger charge is 2.50. The second-order valence-corrected chi connectivity index (χ2v) is 16.2. The van der Waals surface area contributed by atoms with Crippen LogP contribution in [-0.4, -0.2) is 36.4 Å². The molecule has 0 spiro atoms. The minimum absolute atomic E-state index is 0.163. The molecule has 1 atom stereocenters. The first-order chi connectivity index (χ1) is 21.1. The number of ether oxygens (including phenoxy) is 1. The Labute approximate surface area is 259 Å². The molecule has 1 amide bonds. The molecule has 0 saturated heterocycles. The second kappa shape index (κ2) is 13.1. The number of nitrogens with two attached hydrogens (primary N) is 1. The van der Waals surface area contributed by atoms with Crippen LogP contribution >= 0.6 is 0 Å². The summed E-state index contributed by atoms with van der Waals surface area (Å²) in [6, 6.07) is 32.1. The molecule has 0 fully saturated rings. The maximum absolute atomic E-state index is 13.5. The minimum atomic E-state index is -2.75. The first kappa shape index (κ1) is 31.1. The SMILES string of the molecule is C[C@H](NCc1nc2ccc(Oc3ccc(F)cc3)cc2n1CCO[Si](c1ccccc1)(c1ccccc1)C(C)(C)C)C(N)=O. The zero-order chi connectivity index (χ0) is 31.3. The van der Waals surface area contributed by atoms with Gasteiger partial charge in [0, 0.05) is 12.6 Å². The number of nitrogens with zero attached hydrogens (tertiary/aromatic N) is 2. The van der Waals surface area contributed by atoms with Gasteiger partial charge in [-0.25, -0.2) is 9.37 Å². The Balaban J connectivity index is 1.51. The van der Waals surface area contributed by atoms with E-state index in [9.17, 15) is 9.18 Å². The number of imidazole rings is 1. The van der Waals surface area contributed by atoms with Crippen molar-refractivity contribution in [3.05, 3.63) is 115 Å². The highest BCUT2D eigenvalue weighted by molar-refractivity contribution is 6.99. The van der Waals surface area contributed by atoms with Gasteiger partial charge < -0.3 is 19.5 Å². The summed E-state index contributed by atoms with van der Waals surface area (Å²) in [4.78, 5) is 16.6. The van der Waals surface area contributed by atoms with Gasteiger partial charge in [0.25, 0.3) is 8.32 Å². The van der Waals surface area contributed by atoms with Gasteiger partial charge in [0.05, 0.1) is 30.2 Å². The number of rotatable bonds is 12. The van der Waals surface area contributed by atoms with Crippen molar-refractivity contribution in [1.82, 2.24) is 14.9 Å². The van der Waals surface area contributed by atoms with Crippen molar-refractivity contribution >= 4 is 35.6 Å². The molecule has 0 bridgehead atoms. The van der Waals surface area contributed by atoms with E-state index < -0.39 is 20.3 Å². The molecule has 0 radical (unpaired) electrons. The van der Waals surface area contributed by atoms with Gasteiger partial charge in [-0.3, -0.25) is 10.1 Å². The maximum Gasteiger partial charge on any atom is 0.261 e. The number of hydrogen-bond donors (Lipinski definition) is 2. The molecule has 4 aromatic carbocycles. The monoisotopic (exact) mass is 610 g/mol. The van der Waals surface area contributed by atoms with Crippen LogP contribution < -0.4 is 26.2 Å². The van der Waals surface area contributed by atoms with Crippen LogP contribution in [0.2, 0.25) is 5.04 Å². The predicted octanol–water partition coefficient (Wildman–Crippen LogP) is 5.51. The van der Waals surface area contributed by atoms with Gasteiger partial charge in [-0.1, -0.05) is 81.4 Å². The third kappa shape index (κ3) is 6.60. The molecular formula is C35H39FN4O3Si. The van der Waals surface area contributed by atoms with E-state index in [0.717, 1.165) is 16.9 Å². The molecule has 0 aliphatic rings. The maximum atomic E-state index is 13.5. The Kier molecular flexibility index (Phi) is 9.29. The molecule has 0 saturated carbocycles. The third-order valence-corrected chi connectivity index (χ3v) is 12.9. The lowest BCUT2D eigenvalue weighted by Gasteiger charge is -2.43. The summed E-state index contributed by atoms with van der Waals surface area (Å²) in [5, 5.41) is 5.44. The summed E-state index contributed by atoms with van der Waals surface area (Å²) in [5.74, 6) is 1.12. The molecule has 0 aliphatic heterocycles. The van der Waals surface area contributed by atoms with Crippen LogP contribution in [0.5, 0.6) is 11.5 Å². The Morgan fingerprint density at radius 2 is 1.52 bits per heavy atom. The molecule has 5 aromatic rings. The number of carbonyl (C=O) groups excluding carboxylic acids is 1. The summed E-state index contributed by atoms with van der Waals surface area (Å²) < 4.78 is 28.8. The number of fused-ring (bicyclic) bond motifs is 1. The lowest BCUT2D eigenvalue weighted by molar-refractivity contribution is -0.119. The molecule has 5 rings (SSSR count). The average molecular weight is 611 g/mol. The Bertz CT molecular complexity index is 1660. The van der Waals surface area contributed by atoms with Crippen LogP contribution in [0.4, 0.5) is 4.39 Å². The molecular weight excluding hydrogens is 571 g/mol. The molecule has 0 aliphatic carbocycles. The lowest BCUT2D eigenvalue weighted by Crippen LogP contribution is -2.66. The van der Waals surface area contributed by atoms with Gasteiger partial charge in [-0.15, -0.1) is 0 Å². The van der Waals surface area contributed by atoms with E-state index in [-0.39, 0.29) is 10.9 Å². The average Bonchev–Trinajstić information content (AvgIpc) is 3.36. The van der Waals surface area contributed by atoms with Crippen LogP contribution in [0.3, 0.4) is 0 Å². The Hall–Kier alpha value is -4.31. The first-order valence-corrected chi connectivity index (χ1v) is 16.7. The summed E-state index contributed by atoms with van der Waals surface area (Å²) in [7, 11) is -2.75. The normalized spacial score (nSPS) is 12.8. The van der Waals surface area contributed by atoms with Crippen molar-refractivity contribution in [2.75, 3.05) is 6.61 Å². The number of aromatic nitrogens is 2. The lowest BCUT2D eigenvalue weighted by atomic mass is 10.2. The van der Waals surface area contributed by atoms with E-state index in [1.807, 2.05) is 30.3 Å². The minimum Gasteiger partial charge on any atom is -0.457 e. The zero-order valence-electron chi connectivity index (χ0n) is 25.6. The standard InChI is InChI=1S/C35H39FN4O3Si/c1-25(34(37)41)38-24-33-39-31-20-19-28(43-27-17-15-26(36)16-18-27)23-32(31)40(33)21-22-42-44(35(2,3)4,29-11-7-5-8-12-29)30-13-9-6-10-14-30/h5-20,23,25,38H,21-22,24H2,1-4H3,(H2,37,41)/t25-/m0/s1. The highest BCUT2D eigenvalue weighted by Crippen LogP contribution is 2.37. The van der Waals surface area contributed by atoms with Gasteiger partial charge in [-0.05, 0) is 58.7 Å². The van der Waals surface area contributed by atoms with E-state index in [2.05, 4.69) is 79.2 Å². The van der Waals surface area contributed by atoms with Crippen molar-refractivity contribution in [1.29, 1.82) is 0 Å². The molecule has 228 valence electrons. The molecule has 7 nitrogen and oxygen atoms in total. The fraction of sp³-hybridized carbons (Fsp3) is 0.257. The molecule has 1 aromatic heterocycles. The van der Waals surface area contributed by atoms with Crippen molar-refractivity contribution < 1.29 is 18.3 Å². The number of amides is 1. The largest absolute Gasteiger partial charge is 0.457 e. The highest BCUT2D eigenvalue weighted by atomic mass is 28.4. The number of halogens is 1. The zero-order valence-corrected chi connectivity index (χ0v) is 26.6. The van der Waals surface area contributed by atoms with Crippen LogP contribution in [0.15, 0.2) is 103 Å². The smallest absolute Gasteiger partial charge is 0.261 e. The fourth-order valence-electron chi connectivity index (χ4n) is 5.64. The third-order valence-electron chi connectivity index (χ3n) is 7.89. The Morgan fingerprint density at radius 1 is 0.932 bits per heavy atom. The van der Waals surface area contributed by atoms with E-state index in [1.54, 1.807) is 19.1 Å². The van der Waals surface area contributed by atoms with Gasteiger partial charge in [0.15, 0.2) is 0 Å². The van der Waals surface area contributed by atoms with Crippen LogP contribution in [0, 0.1) is 5.82 Å². The molecule has 44 heavy (non-hydrogen) atoms. The van der Waals surface area contributed by atoms with Crippen molar-refractivity contribution in [2.45, 2.75) is 51.9 Å². The molecule has 3 N–H and O–H groups in total. The quantitative estimate of drug-likeness (QED) is 0.182. The number of carbonyl (C=O) groups is 1. The summed E-state index contributed by atoms with van der Waals surface area (Å²) in [6.07, 6.45) is 0. The molecule has 9 heteroatoms. The first-order valence-electron chi connectivity index (χ1n) is 14.8. The Morgan fingerprint density at radius 3 is 2.09 bits per heavy atom. The number of hydrogen-bond acceptors (Lipinski definition) is 5. The number of nitrogens with one attached hydrogen (secondary N) is 1. The van der Waals surface area contributed by atoms with E-state index >= 15 is 0 Å². The number of benzene rings is 4. The summed E-state index contributed by atoms with van der Waals surface area (Å²) in [6.45, 7) is 9.79. The predicted molar refractivity (Wildman–Crippen MR) is 175 cm³/mol. The van der Waals surface area contributed by atoms with E-state index in [4.69, 9.17) is 19.9 Å². The van der Waals surface area contributed by atoms with Crippen LogP contribution in [0.1, 0.15) is 33.5 Å². The van der Waals surface area contributed by atoms with Crippen LogP contribution in [-0.2, 0) is 22.3 Å². The van der Waals surface area contributed by atoms with E-state index in [0.29, 0.717) is 31.2 Å². The second-order valence-electron chi connectivity index (χ2n) is 11.9. The van der Waals surface area contributed by atoms with Gasteiger partial charge >= 0.3 is 0 Å². The van der Waals surface area contributed by atoms with Gasteiger partial charge in [0.2, 0.25) is 5.91 Å². The fourth-order valence-corrected chi connectivity index (χ4v) is 10.2. The van der Waals surface area contributed by atoms with Crippen molar-refractivity contribution in [3.63, 3.8) is 0 Å². The van der Waals surface area contributed by atoms with Crippen molar-refractivity contribution in [3.8, 4) is 11.5 Å². The van der Waals surface area contributed by atoms with E-state index in [1.165, 1.54) is 22.5 Å². The van der Waals surface area contributed by atoms with Crippen molar-refractivity contribution in [2.24, 2.45) is 5.73 Å². The topological polar surface area (TPSA) is 91.4 Å². The summed E-state index contributed by atoms with van der Waals surface area (Å²) >= 11 is 0. The van der Waals surface area contributed by atoms with Crippen LogP contribution in [0.25, 0.3) is 11.0 Å². The number of primary amides is 1. The molecule has 0 unspecified atom stereocenters. The molecule has 1 heterocycles. The van der Waals surface area contributed by atoms with Gasteiger partial charge in [0.1, 0.15) is 23.1 Å². The summed E-state index contributed by atoms with van der Waals surface area (Å²) in [5.41, 5.74) is 7.15.